The molecule has 1 saturated heterocycles. The zero-order valence-corrected chi connectivity index (χ0v) is 16.8. The molecule has 0 aliphatic carbocycles. The van der Waals surface area contributed by atoms with Gasteiger partial charge in [0.1, 0.15) is 5.82 Å². The number of carbonyl (C=O) groups is 1. The number of amides is 1. The van der Waals surface area contributed by atoms with Crippen LogP contribution < -0.4 is 4.90 Å². The average molecular weight is 405 g/mol. The van der Waals surface area contributed by atoms with E-state index in [0.717, 1.165) is 18.4 Å². The summed E-state index contributed by atoms with van der Waals surface area (Å²) in [5.41, 5.74) is 1.57. The second-order valence-electron chi connectivity index (χ2n) is 6.87. The molecule has 3 rings (SSSR count). The monoisotopic (exact) mass is 404 g/mol. The summed E-state index contributed by atoms with van der Waals surface area (Å²) >= 11 is 0. The van der Waals surface area contributed by atoms with Gasteiger partial charge in [0.15, 0.2) is 0 Å². The highest BCUT2D eigenvalue weighted by molar-refractivity contribution is 7.89. The second kappa shape index (κ2) is 8.84. The Hall–Kier alpha value is -2.25. The third kappa shape index (κ3) is 4.59. The molecule has 150 valence electrons. The summed E-state index contributed by atoms with van der Waals surface area (Å²) in [4.78, 5) is 14.5. The standard InChI is InChI=1S/C21H25FN2O3S/c1-2-24(19-10-8-18(22)9-11-19)21(25)14-7-17-5-12-20(13-6-17)28(26,27)23-15-3-4-16-23/h5-6,8-13H,2-4,7,14-16H2,1H3. The van der Waals surface area contributed by atoms with Crippen LogP contribution in [0.15, 0.2) is 53.4 Å². The summed E-state index contributed by atoms with van der Waals surface area (Å²) in [6.07, 6.45) is 2.62. The molecule has 5 nitrogen and oxygen atoms in total. The molecule has 2 aromatic rings. The first-order valence-corrected chi connectivity index (χ1v) is 11.0. The molecule has 1 aliphatic heterocycles. The van der Waals surface area contributed by atoms with Crippen LogP contribution in [0.2, 0.25) is 0 Å². The molecule has 0 aromatic heterocycles. The van der Waals surface area contributed by atoms with Crippen molar-refractivity contribution in [3.63, 3.8) is 0 Å². The summed E-state index contributed by atoms with van der Waals surface area (Å²) in [5, 5.41) is 0. The van der Waals surface area contributed by atoms with Crippen LogP contribution in [0.4, 0.5) is 10.1 Å². The summed E-state index contributed by atoms with van der Waals surface area (Å²) in [7, 11) is -3.42. The van der Waals surface area contributed by atoms with Crippen molar-refractivity contribution < 1.29 is 17.6 Å². The van der Waals surface area contributed by atoms with Crippen LogP contribution in [0, 0.1) is 5.82 Å². The largest absolute Gasteiger partial charge is 0.313 e. The Morgan fingerprint density at radius 2 is 1.64 bits per heavy atom. The highest BCUT2D eigenvalue weighted by Gasteiger charge is 2.26. The maximum atomic E-state index is 13.1. The summed E-state index contributed by atoms with van der Waals surface area (Å²) in [5.74, 6) is -0.390. The molecule has 1 fully saturated rings. The normalized spacial score (nSPS) is 14.9. The van der Waals surface area contributed by atoms with Crippen molar-refractivity contribution in [1.29, 1.82) is 0 Å². The predicted octanol–water partition coefficient (Wildman–Crippen LogP) is 3.60. The van der Waals surface area contributed by atoms with Gasteiger partial charge in [0.25, 0.3) is 0 Å². The Labute approximate surface area is 165 Å². The maximum Gasteiger partial charge on any atom is 0.243 e. The van der Waals surface area contributed by atoms with Gasteiger partial charge in [-0.3, -0.25) is 4.79 Å². The number of aryl methyl sites for hydroxylation is 1. The fourth-order valence-electron chi connectivity index (χ4n) is 3.42. The van der Waals surface area contributed by atoms with Gasteiger partial charge in [0.2, 0.25) is 15.9 Å². The molecule has 0 spiro atoms. The number of rotatable bonds is 7. The van der Waals surface area contributed by atoms with E-state index in [0.29, 0.717) is 43.1 Å². The van der Waals surface area contributed by atoms with Crippen LogP contribution in [0.1, 0.15) is 31.7 Å². The van der Waals surface area contributed by atoms with E-state index >= 15 is 0 Å². The van der Waals surface area contributed by atoms with Crippen LogP contribution in [-0.2, 0) is 21.2 Å². The van der Waals surface area contributed by atoms with E-state index < -0.39 is 10.0 Å². The summed E-state index contributed by atoms with van der Waals surface area (Å²) in [6.45, 7) is 3.53. The van der Waals surface area contributed by atoms with Gasteiger partial charge in [0, 0.05) is 31.7 Å². The molecule has 1 amide bonds. The smallest absolute Gasteiger partial charge is 0.243 e. The van der Waals surface area contributed by atoms with Gasteiger partial charge < -0.3 is 4.90 Å². The lowest BCUT2D eigenvalue weighted by Crippen LogP contribution is -2.30. The zero-order chi connectivity index (χ0) is 20.1. The molecule has 1 aliphatic rings. The predicted molar refractivity (Wildman–Crippen MR) is 107 cm³/mol. The van der Waals surface area contributed by atoms with Crippen molar-refractivity contribution >= 4 is 21.6 Å². The molecular formula is C21H25FN2O3S. The average Bonchev–Trinajstić information content (AvgIpc) is 3.24. The van der Waals surface area contributed by atoms with Crippen molar-refractivity contribution in [2.24, 2.45) is 0 Å². The van der Waals surface area contributed by atoms with Gasteiger partial charge in [-0.05, 0) is 68.1 Å². The highest BCUT2D eigenvalue weighted by Crippen LogP contribution is 2.22. The summed E-state index contributed by atoms with van der Waals surface area (Å²) in [6, 6.07) is 12.6. The third-order valence-electron chi connectivity index (χ3n) is 5.01. The van der Waals surface area contributed by atoms with Crippen molar-refractivity contribution in [3.8, 4) is 0 Å². The number of anilines is 1. The number of carbonyl (C=O) groups excluding carboxylic acids is 1. The van der Waals surface area contributed by atoms with Gasteiger partial charge in [-0.2, -0.15) is 4.31 Å². The SMILES string of the molecule is CCN(C(=O)CCc1ccc(S(=O)(=O)N2CCCC2)cc1)c1ccc(F)cc1. The number of sulfonamides is 1. The minimum Gasteiger partial charge on any atom is -0.313 e. The first-order valence-electron chi connectivity index (χ1n) is 9.57. The lowest BCUT2D eigenvalue weighted by atomic mass is 10.1. The van der Waals surface area contributed by atoms with Crippen molar-refractivity contribution in [2.75, 3.05) is 24.5 Å². The zero-order valence-electron chi connectivity index (χ0n) is 16.0. The van der Waals surface area contributed by atoms with Gasteiger partial charge in [-0.15, -0.1) is 0 Å². The molecule has 0 atom stereocenters. The number of nitrogens with zero attached hydrogens (tertiary/aromatic N) is 2. The van der Waals surface area contributed by atoms with E-state index in [1.807, 2.05) is 6.92 Å². The molecule has 2 aromatic carbocycles. The van der Waals surface area contributed by atoms with E-state index in [9.17, 15) is 17.6 Å². The number of hydrogen-bond acceptors (Lipinski definition) is 3. The first kappa shape index (κ1) is 20.5. The van der Waals surface area contributed by atoms with Crippen molar-refractivity contribution in [3.05, 3.63) is 59.9 Å². The van der Waals surface area contributed by atoms with Crippen LogP contribution in [0.5, 0.6) is 0 Å². The Bertz CT molecular complexity index is 906. The third-order valence-corrected chi connectivity index (χ3v) is 6.92. The Morgan fingerprint density at radius 1 is 1.04 bits per heavy atom. The van der Waals surface area contributed by atoms with Crippen LogP contribution in [0.25, 0.3) is 0 Å². The van der Waals surface area contributed by atoms with E-state index in [4.69, 9.17) is 0 Å². The van der Waals surface area contributed by atoms with E-state index in [1.165, 1.54) is 16.4 Å². The Morgan fingerprint density at radius 3 is 2.21 bits per heavy atom. The number of benzene rings is 2. The molecule has 7 heteroatoms. The maximum absolute atomic E-state index is 13.1. The van der Waals surface area contributed by atoms with E-state index in [2.05, 4.69) is 0 Å². The fraction of sp³-hybridized carbons (Fsp3) is 0.381. The highest BCUT2D eigenvalue weighted by atomic mass is 32.2. The second-order valence-corrected chi connectivity index (χ2v) is 8.81. The van der Waals surface area contributed by atoms with Crippen LogP contribution in [-0.4, -0.2) is 38.3 Å². The van der Waals surface area contributed by atoms with E-state index in [-0.39, 0.29) is 11.7 Å². The quantitative estimate of drug-likeness (QED) is 0.709. The van der Waals surface area contributed by atoms with Crippen molar-refractivity contribution in [2.45, 2.75) is 37.5 Å². The van der Waals surface area contributed by atoms with Crippen LogP contribution >= 0.6 is 0 Å². The molecule has 0 unspecified atom stereocenters. The molecule has 0 N–H and O–H groups in total. The van der Waals surface area contributed by atoms with Gasteiger partial charge >= 0.3 is 0 Å². The topological polar surface area (TPSA) is 57.7 Å². The first-order chi connectivity index (χ1) is 13.4. The minimum absolute atomic E-state index is 0.0529. The molecular weight excluding hydrogens is 379 g/mol. The number of halogens is 1. The van der Waals surface area contributed by atoms with Crippen LogP contribution in [0.3, 0.4) is 0 Å². The summed E-state index contributed by atoms with van der Waals surface area (Å²) < 4.78 is 39.7. The molecule has 0 radical (unpaired) electrons. The number of hydrogen-bond donors (Lipinski definition) is 0. The lowest BCUT2D eigenvalue weighted by Gasteiger charge is -2.21. The molecule has 1 heterocycles. The molecule has 0 bridgehead atoms. The Kier molecular flexibility index (Phi) is 6.46. The van der Waals surface area contributed by atoms with Gasteiger partial charge in [-0.1, -0.05) is 12.1 Å². The van der Waals surface area contributed by atoms with Crippen molar-refractivity contribution in [1.82, 2.24) is 4.31 Å². The van der Waals surface area contributed by atoms with Gasteiger partial charge in [0.05, 0.1) is 4.90 Å². The molecule has 28 heavy (non-hydrogen) atoms. The lowest BCUT2D eigenvalue weighted by molar-refractivity contribution is -0.118. The van der Waals surface area contributed by atoms with E-state index in [1.54, 1.807) is 41.3 Å². The molecule has 0 saturated carbocycles. The minimum atomic E-state index is -3.42. The van der Waals surface area contributed by atoms with Gasteiger partial charge in [-0.25, -0.2) is 12.8 Å². The fourth-order valence-corrected chi connectivity index (χ4v) is 4.93. The Balaban J connectivity index is 1.62.